The number of aryl methyl sites for hydroxylation is 1. The molecule has 0 bridgehead atoms. The van der Waals surface area contributed by atoms with Crippen LogP contribution < -0.4 is 15.4 Å². The first kappa shape index (κ1) is 36.4. The predicted molar refractivity (Wildman–Crippen MR) is 198 cm³/mol. The van der Waals surface area contributed by atoms with Gasteiger partial charge in [-0.15, -0.1) is 0 Å². The van der Waals surface area contributed by atoms with Crippen molar-refractivity contribution in [1.29, 1.82) is 0 Å². The normalized spacial score (nSPS) is 17.5. The molecule has 0 spiro atoms. The van der Waals surface area contributed by atoms with E-state index in [2.05, 4.69) is 22.8 Å². The summed E-state index contributed by atoms with van der Waals surface area (Å²) in [5.41, 5.74) is 6.63. The topological polar surface area (TPSA) is 114 Å². The van der Waals surface area contributed by atoms with Crippen molar-refractivity contribution in [3.8, 4) is 5.75 Å². The van der Waals surface area contributed by atoms with E-state index in [0.29, 0.717) is 30.8 Å². The van der Waals surface area contributed by atoms with Crippen LogP contribution in [0.3, 0.4) is 0 Å². The molecule has 0 saturated carbocycles. The molecule has 1 aliphatic heterocycles. The largest absolute Gasteiger partial charge is 0.489 e. The molecular formula is C43H47N3O6. The fourth-order valence-electron chi connectivity index (χ4n) is 7.04. The van der Waals surface area contributed by atoms with Crippen LogP contribution in [0.2, 0.25) is 0 Å². The average Bonchev–Trinajstić information content (AvgIpc) is 3.19. The molecule has 9 heteroatoms. The number of nitrogens with one attached hydrogen (secondary N) is 2. The fraction of sp³-hybridized carbons (Fsp3) is 0.349. The first-order valence-electron chi connectivity index (χ1n) is 18.2. The number of carbonyl (C=O) groups is 4. The first-order chi connectivity index (χ1) is 25.2. The van der Waals surface area contributed by atoms with Gasteiger partial charge in [-0.05, 0) is 83.3 Å². The Kier molecular flexibility index (Phi) is 11.7. The highest BCUT2D eigenvalue weighted by molar-refractivity contribution is 5.93. The van der Waals surface area contributed by atoms with Gasteiger partial charge >= 0.3 is 5.97 Å². The number of nitrogens with zero attached hydrogens (tertiary/aromatic N) is 1. The van der Waals surface area contributed by atoms with Crippen LogP contribution in [0.1, 0.15) is 82.9 Å². The van der Waals surface area contributed by atoms with E-state index in [-0.39, 0.29) is 42.6 Å². The third-order valence-electron chi connectivity index (χ3n) is 10.3. The summed E-state index contributed by atoms with van der Waals surface area (Å²) in [6, 6.07) is 28.9. The summed E-state index contributed by atoms with van der Waals surface area (Å²) in [6.45, 7) is 4.37. The van der Waals surface area contributed by atoms with Crippen molar-refractivity contribution in [2.24, 2.45) is 5.92 Å². The van der Waals surface area contributed by atoms with Gasteiger partial charge < -0.3 is 25.0 Å². The molecule has 0 aromatic heterocycles. The highest BCUT2D eigenvalue weighted by atomic mass is 16.5. The molecule has 4 atom stereocenters. The van der Waals surface area contributed by atoms with Crippen molar-refractivity contribution in [3.05, 3.63) is 136 Å². The van der Waals surface area contributed by atoms with Crippen molar-refractivity contribution >= 4 is 23.7 Å². The molecule has 6 rings (SSSR count). The zero-order chi connectivity index (χ0) is 36.6. The Morgan fingerprint density at radius 2 is 1.52 bits per heavy atom. The quantitative estimate of drug-likeness (QED) is 0.168. The van der Waals surface area contributed by atoms with Crippen molar-refractivity contribution < 1.29 is 28.7 Å². The summed E-state index contributed by atoms with van der Waals surface area (Å²) in [5, 5.41) is 6.35. The van der Waals surface area contributed by atoms with Crippen molar-refractivity contribution in [3.63, 3.8) is 0 Å². The second kappa shape index (κ2) is 16.7. The number of benzene rings is 4. The molecule has 0 fully saturated rings. The van der Waals surface area contributed by atoms with Crippen LogP contribution in [0.5, 0.6) is 5.75 Å². The summed E-state index contributed by atoms with van der Waals surface area (Å²) in [6.07, 6.45) is 4.09. The molecule has 0 radical (unpaired) electrons. The maximum Gasteiger partial charge on any atom is 0.337 e. The number of hydrogen-bond acceptors (Lipinski definition) is 6. The van der Waals surface area contributed by atoms with Crippen LogP contribution in [0.15, 0.2) is 97.1 Å². The summed E-state index contributed by atoms with van der Waals surface area (Å²) < 4.78 is 10.7. The average molecular weight is 702 g/mol. The van der Waals surface area contributed by atoms with Gasteiger partial charge in [-0.3, -0.25) is 14.4 Å². The van der Waals surface area contributed by atoms with Gasteiger partial charge in [0.25, 0.3) is 0 Å². The van der Waals surface area contributed by atoms with E-state index in [0.717, 1.165) is 47.1 Å². The van der Waals surface area contributed by atoms with Crippen LogP contribution in [0.4, 0.5) is 0 Å². The smallest absolute Gasteiger partial charge is 0.337 e. The number of methoxy groups -OCH3 is 1. The Morgan fingerprint density at radius 1 is 0.846 bits per heavy atom. The van der Waals surface area contributed by atoms with Crippen LogP contribution in [-0.2, 0) is 51.5 Å². The highest BCUT2D eigenvalue weighted by Crippen LogP contribution is 2.31. The molecule has 1 heterocycles. The van der Waals surface area contributed by atoms with Crippen molar-refractivity contribution in [2.45, 2.75) is 83.6 Å². The van der Waals surface area contributed by atoms with Crippen LogP contribution in [-0.4, -0.2) is 47.8 Å². The fourth-order valence-corrected chi connectivity index (χ4v) is 7.04. The molecule has 1 aliphatic carbocycles. The second-order valence-electron chi connectivity index (χ2n) is 13.8. The van der Waals surface area contributed by atoms with Gasteiger partial charge in [-0.25, -0.2) is 4.79 Å². The van der Waals surface area contributed by atoms with Gasteiger partial charge in [-0.1, -0.05) is 86.6 Å². The Balaban J connectivity index is 1.20. The highest BCUT2D eigenvalue weighted by Gasteiger charge is 2.39. The summed E-state index contributed by atoms with van der Waals surface area (Å²) in [5.74, 6) is -0.698. The number of esters is 1. The lowest BCUT2D eigenvalue weighted by Crippen LogP contribution is -2.58. The van der Waals surface area contributed by atoms with Gasteiger partial charge in [0.1, 0.15) is 24.4 Å². The minimum Gasteiger partial charge on any atom is -0.489 e. The molecule has 270 valence electrons. The molecule has 52 heavy (non-hydrogen) atoms. The Morgan fingerprint density at radius 3 is 2.23 bits per heavy atom. The molecule has 3 amide bonds. The van der Waals surface area contributed by atoms with E-state index in [1.54, 1.807) is 17.0 Å². The van der Waals surface area contributed by atoms with Gasteiger partial charge in [0, 0.05) is 25.3 Å². The lowest BCUT2D eigenvalue weighted by atomic mass is 9.87. The van der Waals surface area contributed by atoms with E-state index in [4.69, 9.17) is 9.47 Å². The lowest BCUT2D eigenvalue weighted by molar-refractivity contribution is -0.145. The minimum absolute atomic E-state index is 0.118. The molecule has 4 aromatic carbocycles. The summed E-state index contributed by atoms with van der Waals surface area (Å²) in [4.78, 5) is 55.5. The number of amides is 3. The molecule has 9 nitrogen and oxygen atoms in total. The Hall–Kier alpha value is -5.44. The second-order valence-corrected chi connectivity index (χ2v) is 13.8. The molecule has 2 aliphatic rings. The number of fused-ring (bicyclic) bond motifs is 2. The van der Waals surface area contributed by atoms with E-state index < -0.39 is 18.1 Å². The van der Waals surface area contributed by atoms with Crippen LogP contribution in [0.25, 0.3) is 0 Å². The van der Waals surface area contributed by atoms with Crippen molar-refractivity contribution in [1.82, 2.24) is 15.5 Å². The monoisotopic (exact) mass is 701 g/mol. The van der Waals surface area contributed by atoms with Gasteiger partial charge in [0.15, 0.2) is 0 Å². The number of ether oxygens (including phenoxy) is 2. The van der Waals surface area contributed by atoms with Gasteiger partial charge in [0.2, 0.25) is 17.7 Å². The zero-order valence-corrected chi connectivity index (χ0v) is 30.1. The molecular weight excluding hydrogens is 654 g/mol. The summed E-state index contributed by atoms with van der Waals surface area (Å²) in [7, 11) is 1.35. The number of rotatable bonds is 12. The van der Waals surface area contributed by atoms with Crippen molar-refractivity contribution in [2.75, 3.05) is 7.11 Å². The molecule has 2 N–H and O–H groups in total. The maximum atomic E-state index is 14.7. The standard InChI is InChI=1S/C43H47N3O6/c1-4-28(2)40(47)45-38(24-29-18-22-35(23-19-29)52-27-30-16-20-32(21-17-30)43(50)51-3)42(49)46-26-34-12-6-5-11-33(34)25-39(46)41(48)44-37-15-9-13-31-10-7-8-14-36(31)37/h5-8,10-12,14,16-23,28,37-39H,4,9,13,15,24-27H2,1-3H3,(H,44,48)(H,45,47)/t28-,37-,38+,39?/m1/s1. The SMILES string of the molecule is CC[C@@H](C)C(=O)N[C@@H](Cc1ccc(OCc2ccc(C(=O)OC)cc2)cc1)C(=O)N1Cc2ccccc2CC1C(=O)N[C@@H]1CCCc2ccccc21. The molecule has 0 saturated heterocycles. The van der Waals surface area contributed by atoms with E-state index in [1.165, 1.54) is 12.7 Å². The van der Waals surface area contributed by atoms with Gasteiger partial charge in [-0.2, -0.15) is 0 Å². The Bertz CT molecular complexity index is 1890. The summed E-state index contributed by atoms with van der Waals surface area (Å²) >= 11 is 0. The Labute approximate surface area is 305 Å². The predicted octanol–water partition coefficient (Wildman–Crippen LogP) is 6.27. The molecule has 1 unspecified atom stereocenters. The first-order valence-corrected chi connectivity index (χ1v) is 18.2. The molecule has 4 aromatic rings. The van der Waals surface area contributed by atoms with Gasteiger partial charge in [0.05, 0.1) is 18.7 Å². The maximum absolute atomic E-state index is 14.7. The van der Waals surface area contributed by atoms with E-state index in [9.17, 15) is 19.2 Å². The van der Waals surface area contributed by atoms with Crippen LogP contribution in [0, 0.1) is 5.92 Å². The van der Waals surface area contributed by atoms with Crippen LogP contribution >= 0.6 is 0 Å². The third kappa shape index (κ3) is 8.53. The zero-order valence-electron chi connectivity index (χ0n) is 30.1. The lowest BCUT2D eigenvalue weighted by Gasteiger charge is -2.39. The van der Waals surface area contributed by atoms with E-state index in [1.807, 2.05) is 86.6 Å². The minimum atomic E-state index is -0.877. The van der Waals surface area contributed by atoms with E-state index >= 15 is 0 Å². The number of hydrogen-bond donors (Lipinski definition) is 2. The third-order valence-corrected chi connectivity index (χ3v) is 10.3. The number of carbonyl (C=O) groups excluding carboxylic acids is 4.